The van der Waals surface area contributed by atoms with Crippen molar-refractivity contribution in [2.45, 2.75) is 51.5 Å². The molecule has 1 aromatic carbocycles. The normalized spacial score (nSPS) is 15.4. The molecule has 0 unspecified atom stereocenters. The molecule has 0 atom stereocenters. The first-order chi connectivity index (χ1) is 15.1. The number of hydrogen-bond donors (Lipinski definition) is 2. The Kier molecular flexibility index (Phi) is 6.71. The van der Waals surface area contributed by atoms with Crippen LogP contribution in [-0.4, -0.2) is 31.6 Å². The second kappa shape index (κ2) is 9.82. The zero-order valence-electron chi connectivity index (χ0n) is 17.3. The number of nitrogens with one attached hydrogen (secondary N) is 2. The number of anilines is 1. The molecule has 1 saturated carbocycles. The number of aromatic nitrogens is 4. The molecule has 9 heteroatoms. The van der Waals surface area contributed by atoms with Gasteiger partial charge in [0.2, 0.25) is 11.8 Å². The van der Waals surface area contributed by atoms with Gasteiger partial charge in [-0.25, -0.2) is 4.98 Å². The van der Waals surface area contributed by atoms with Crippen molar-refractivity contribution in [3.63, 3.8) is 0 Å². The molecule has 4 rings (SSSR count). The summed E-state index contributed by atoms with van der Waals surface area (Å²) in [6.45, 7) is 0.287. The van der Waals surface area contributed by atoms with Crippen LogP contribution in [0.1, 0.15) is 50.8 Å². The van der Waals surface area contributed by atoms with E-state index in [4.69, 9.17) is 0 Å². The third kappa shape index (κ3) is 5.55. The fourth-order valence-electron chi connectivity index (χ4n) is 4.27. The van der Waals surface area contributed by atoms with Gasteiger partial charge in [0.25, 0.3) is 0 Å². The number of nitrogens with zero attached hydrogens (tertiary/aromatic N) is 4. The summed E-state index contributed by atoms with van der Waals surface area (Å²) in [4.78, 5) is 29.6. The summed E-state index contributed by atoms with van der Waals surface area (Å²) in [7, 11) is 0. The number of carbonyl (C=O) groups is 2. The lowest BCUT2D eigenvalue weighted by Crippen LogP contribution is -2.36. The van der Waals surface area contributed by atoms with Gasteiger partial charge < -0.3 is 10.6 Å². The number of rotatable bonds is 8. The molecule has 8 nitrogen and oxygen atoms in total. The van der Waals surface area contributed by atoms with Crippen molar-refractivity contribution in [3.05, 3.63) is 54.1 Å². The monoisotopic (exact) mass is 438 g/mol. The summed E-state index contributed by atoms with van der Waals surface area (Å²) < 4.78 is 1.86. The summed E-state index contributed by atoms with van der Waals surface area (Å²) in [5.74, 6) is 0.527. The van der Waals surface area contributed by atoms with E-state index in [0.29, 0.717) is 23.8 Å². The zero-order valence-corrected chi connectivity index (χ0v) is 18.1. The van der Waals surface area contributed by atoms with Crippen LogP contribution in [0.2, 0.25) is 0 Å². The molecule has 31 heavy (non-hydrogen) atoms. The van der Waals surface area contributed by atoms with Gasteiger partial charge in [0, 0.05) is 30.1 Å². The molecule has 0 saturated heterocycles. The molecule has 1 aliphatic carbocycles. The van der Waals surface area contributed by atoms with Crippen molar-refractivity contribution in [1.29, 1.82) is 0 Å². The number of benzene rings is 1. The van der Waals surface area contributed by atoms with E-state index >= 15 is 0 Å². The fraction of sp³-hybridized carbons (Fsp3) is 0.409. The van der Waals surface area contributed by atoms with E-state index in [0.717, 1.165) is 37.8 Å². The van der Waals surface area contributed by atoms with Crippen LogP contribution in [0.5, 0.6) is 0 Å². The van der Waals surface area contributed by atoms with E-state index in [1.807, 2.05) is 40.3 Å². The van der Waals surface area contributed by atoms with Gasteiger partial charge >= 0.3 is 0 Å². The number of carbonyl (C=O) groups excluding carboxylic acids is 2. The Morgan fingerprint density at radius 3 is 2.58 bits per heavy atom. The SMILES string of the molecule is O=C(CC1(CC(=O)Nc2nccs2)CCCCC1)NCc1nncn1-c1ccccc1. The largest absolute Gasteiger partial charge is 0.349 e. The highest BCUT2D eigenvalue weighted by Crippen LogP contribution is 2.42. The van der Waals surface area contributed by atoms with Crippen LogP contribution in [0.4, 0.5) is 5.13 Å². The molecule has 3 aromatic rings. The van der Waals surface area contributed by atoms with Gasteiger partial charge in [0.05, 0.1) is 6.54 Å². The van der Waals surface area contributed by atoms with E-state index in [2.05, 4.69) is 25.8 Å². The second-order valence-electron chi connectivity index (χ2n) is 8.03. The Morgan fingerprint density at radius 1 is 1.06 bits per heavy atom. The fourth-order valence-corrected chi connectivity index (χ4v) is 4.82. The van der Waals surface area contributed by atoms with Crippen LogP contribution in [0.15, 0.2) is 48.2 Å². The van der Waals surface area contributed by atoms with E-state index < -0.39 is 0 Å². The first kappa shape index (κ1) is 21.2. The minimum Gasteiger partial charge on any atom is -0.349 e. The first-order valence-electron chi connectivity index (χ1n) is 10.5. The maximum atomic E-state index is 12.8. The standard InChI is InChI=1S/C22H26N6O2S/c29-19(24-15-18-27-25-16-28(18)17-7-3-1-4-8-17)13-22(9-5-2-6-10-22)14-20(30)26-21-23-11-12-31-21/h1,3-4,7-8,11-12,16H,2,5-6,9-10,13-15H2,(H,24,29)(H,23,26,30). The molecule has 2 N–H and O–H groups in total. The Balaban J connectivity index is 1.37. The van der Waals surface area contributed by atoms with Gasteiger partial charge in [-0.05, 0) is 30.4 Å². The average Bonchev–Trinajstić information content (AvgIpc) is 3.45. The molecule has 0 bridgehead atoms. The van der Waals surface area contributed by atoms with Crippen molar-refractivity contribution >= 4 is 28.3 Å². The minimum atomic E-state index is -0.309. The predicted octanol–water partition coefficient (Wildman–Crippen LogP) is 3.71. The van der Waals surface area contributed by atoms with Crippen molar-refractivity contribution in [2.24, 2.45) is 5.41 Å². The quantitative estimate of drug-likeness (QED) is 0.558. The highest BCUT2D eigenvalue weighted by molar-refractivity contribution is 7.13. The Bertz CT molecular complexity index is 996. The molecule has 2 aromatic heterocycles. The van der Waals surface area contributed by atoms with Gasteiger partial charge in [-0.2, -0.15) is 0 Å². The molecular formula is C22H26N6O2S. The van der Waals surface area contributed by atoms with Crippen LogP contribution in [0.25, 0.3) is 5.69 Å². The molecular weight excluding hydrogens is 412 g/mol. The minimum absolute atomic E-state index is 0.0634. The summed E-state index contributed by atoms with van der Waals surface area (Å²) in [6, 6.07) is 9.77. The Hall–Kier alpha value is -3.07. The highest BCUT2D eigenvalue weighted by Gasteiger charge is 2.36. The molecule has 1 fully saturated rings. The van der Waals surface area contributed by atoms with Gasteiger partial charge in [0.1, 0.15) is 6.33 Å². The number of hydrogen-bond acceptors (Lipinski definition) is 6. The average molecular weight is 439 g/mol. The number of thiazole rings is 1. The predicted molar refractivity (Wildman–Crippen MR) is 119 cm³/mol. The van der Waals surface area contributed by atoms with Gasteiger partial charge in [0.15, 0.2) is 11.0 Å². The molecule has 162 valence electrons. The maximum absolute atomic E-state index is 12.8. The zero-order chi connectivity index (χ0) is 21.5. The van der Waals surface area contributed by atoms with Crippen LogP contribution in [-0.2, 0) is 16.1 Å². The van der Waals surface area contributed by atoms with Crippen LogP contribution < -0.4 is 10.6 Å². The smallest absolute Gasteiger partial charge is 0.226 e. The lowest BCUT2D eigenvalue weighted by molar-refractivity contribution is -0.126. The Morgan fingerprint density at radius 2 is 1.84 bits per heavy atom. The third-order valence-corrected chi connectivity index (χ3v) is 6.45. The molecule has 2 heterocycles. The summed E-state index contributed by atoms with van der Waals surface area (Å²) >= 11 is 1.39. The van der Waals surface area contributed by atoms with E-state index in [9.17, 15) is 9.59 Å². The lowest BCUT2D eigenvalue weighted by atomic mass is 9.69. The van der Waals surface area contributed by atoms with Crippen LogP contribution in [0.3, 0.4) is 0 Å². The molecule has 0 radical (unpaired) electrons. The number of para-hydroxylation sites is 1. The maximum Gasteiger partial charge on any atom is 0.226 e. The molecule has 0 spiro atoms. The molecule has 0 aliphatic heterocycles. The van der Waals surface area contributed by atoms with Crippen molar-refractivity contribution in [2.75, 3.05) is 5.32 Å². The van der Waals surface area contributed by atoms with Gasteiger partial charge in [-0.15, -0.1) is 21.5 Å². The summed E-state index contributed by atoms with van der Waals surface area (Å²) in [5.41, 5.74) is 0.635. The first-order valence-corrected chi connectivity index (χ1v) is 11.4. The van der Waals surface area contributed by atoms with E-state index in [1.54, 1.807) is 12.5 Å². The topological polar surface area (TPSA) is 102 Å². The van der Waals surface area contributed by atoms with Crippen molar-refractivity contribution < 1.29 is 9.59 Å². The van der Waals surface area contributed by atoms with Crippen LogP contribution in [0, 0.1) is 5.41 Å². The molecule has 1 aliphatic rings. The number of amides is 2. The van der Waals surface area contributed by atoms with Crippen molar-refractivity contribution in [1.82, 2.24) is 25.1 Å². The Labute approximate surface area is 185 Å². The van der Waals surface area contributed by atoms with Gasteiger partial charge in [-0.1, -0.05) is 37.5 Å². The second-order valence-corrected chi connectivity index (χ2v) is 8.92. The third-order valence-electron chi connectivity index (χ3n) is 5.76. The van der Waals surface area contributed by atoms with Crippen LogP contribution >= 0.6 is 11.3 Å². The van der Waals surface area contributed by atoms with Gasteiger partial charge in [-0.3, -0.25) is 14.2 Å². The lowest BCUT2D eigenvalue weighted by Gasteiger charge is -2.36. The summed E-state index contributed by atoms with van der Waals surface area (Å²) in [6.07, 6.45) is 8.97. The summed E-state index contributed by atoms with van der Waals surface area (Å²) in [5, 5.41) is 16.4. The highest BCUT2D eigenvalue weighted by atomic mass is 32.1. The van der Waals surface area contributed by atoms with Crippen molar-refractivity contribution in [3.8, 4) is 5.69 Å². The van der Waals surface area contributed by atoms with E-state index in [-0.39, 0.29) is 23.8 Å². The van der Waals surface area contributed by atoms with E-state index in [1.165, 1.54) is 11.3 Å². The molecule has 2 amide bonds.